The highest BCUT2D eigenvalue weighted by Gasteiger charge is 2.43. The number of hydrogen-bond donors (Lipinski definition) is 1. The van der Waals surface area contributed by atoms with Crippen LogP contribution >= 0.6 is 11.6 Å². The van der Waals surface area contributed by atoms with Crippen molar-refractivity contribution < 1.29 is 31.2 Å². The van der Waals surface area contributed by atoms with E-state index in [1.54, 1.807) is 0 Å². The number of nitrogens with zero attached hydrogens (tertiary/aromatic N) is 1. The van der Waals surface area contributed by atoms with Gasteiger partial charge in [-0.15, -0.1) is 11.6 Å². The SMILES string of the molecule is O=C(CC1CCC(S(=O)(=O)CC2CC2)CC1)NC1CCC(C(=O)N(CC(F)(F)F)C2CCCCC2)C(Cl)C1. The second-order valence-electron chi connectivity index (χ2n) is 12.2. The van der Waals surface area contributed by atoms with Crippen molar-refractivity contribution in [1.29, 1.82) is 0 Å². The van der Waals surface area contributed by atoms with Crippen LogP contribution in [-0.4, -0.2) is 66.3 Å². The number of carbonyl (C=O) groups is 2. The lowest BCUT2D eigenvalue weighted by atomic mass is 9.83. The highest BCUT2D eigenvalue weighted by Crippen LogP contribution is 2.37. The fourth-order valence-electron chi connectivity index (χ4n) is 6.70. The van der Waals surface area contributed by atoms with Crippen molar-refractivity contribution in [3.05, 3.63) is 0 Å². The molecule has 0 heterocycles. The molecule has 4 saturated carbocycles. The van der Waals surface area contributed by atoms with Crippen LogP contribution in [0.2, 0.25) is 0 Å². The molecule has 0 aromatic heterocycles. The number of halogens is 4. The molecule has 3 atom stereocenters. The summed E-state index contributed by atoms with van der Waals surface area (Å²) in [5.74, 6) is -0.483. The first-order valence-corrected chi connectivity index (χ1v) is 16.6. The molecule has 11 heteroatoms. The van der Waals surface area contributed by atoms with E-state index in [-0.39, 0.29) is 23.1 Å². The Hall–Kier alpha value is -1.03. The van der Waals surface area contributed by atoms with E-state index in [1.165, 1.54) is 0 Å². The Kier molecular flexibility index (Phi) is 9.97. The van der Waals surface area contributed by atoms with Crippen LogP contribution in [0.25, 0.3) is 0 Å². The van der Waals surface area contributed by atoms with Crippen LogP contribution in [0.3, 0.4) is 0 Å². The molecule has 0 aromatic carbocycles. The first-order chi connectivity index (χ1) is 17.9. The molecule has 2 amide bonds. The molecule has 1 N–H and O–H groups in total. The summed E-state index contributed by atoms with van der Waals surface area (Å²) >= 11 is 6.56. The minimum atomic E-state index is -4.46. The van der Waals surface area contributed by atoms with E-state index in [1.807, 2.05) is 0 Å². The van der Waals surface area contributed by atoms with Gasteiger partial charge in [0, 0.05) is 23.9 Å². The van der Waals surface area contributed by atoms with Crippen LogP contribution in [0, 0.1) is 17.8 Å². The topological polar surface area (TPSA) is 83.5 Å². The molecule has 0 aromatic rings. The molecule has 0 spiro atoms. The van der Waals surface area contributed by atoms with Crippen LogP contribution in [-0.2, 0) is 19.4 Å². The first kappa shape index (κ1) is 29.9. The van der Waals surface area contributed by atoms with Gasteiger partial charge in [0.1, 0.15) is 6.54 Å². The van der Waals surface area contributed by atoms with Crippen molar-refractivity contribution >= 4 is 33.3 Å². The average Bonchev–Trinajstić information content (AvgIpc) is 3.66. The van der Waals surface area contributed by atoms with E-state index in [0.717, 1.165) is 49.8 Å². The van der Waals surface area contributed by atoms with E-state index < -0.39 is 45.8 Å². The number of hydrogen-bond acceptors (Lipinski definition) is 4. The van der Waals surface area contributed by atoms with Gasteiger partial charge in [-0.05, 0) is 82.5 Å². The maximum atomic E-state index is 13.3. The van der Waals surface area contributed by atoms with Crippen molar-refractivity contribution in [2.75, 3.05) is 12.3 Å². The number of carbonyl (C=O) groups excluding carboxylic acids is 2. The smallest absolute Gasteiger partial charge is 0.353 e. The highest BCUT2D eigenvalue weighted by atomic mass is 35.5. The molecule has 0 radical (unpaired) electrons. The minimum Gasteiger partial charge on any atom is -0.353 e. The molecule has 6 nitrogen and oxygen atoms in total. The van der Waals surface area contributed by atoms with Gasteiger partial charge in [0.05, 0.1) is 16.9 Å². The molecule has 0 bridgehead atoms. The number of rotatable bonds is 9. The average molecular weight is 583 g/mol. The number of alkyl halides is 4. The quantitative estimate of drug-likeness (QED) is 0.370. The Bertz CT molecular complexity index is 929. The van der Waals surface area contributed by atoms with Crippen LogP contribution in [0.5, 0.6) is 0 Å². The molecule has 4 aliphatic rings. The van der Waals surface area contributed by atoms with Gasteiger partial charge in [0.2, 0.25) is 11.8 Å². The normalized spacial score (nSPS) is 31.5. The Balaban J connectivity index is 1.23. The van der Waals surface area contributed by atoms with Gasteiger partial charge in [-0.2, -0.15) is 13.2 Å². The summed E-state index contributed by atoms with van der Waals surface area (Å²) in [5, 5.41) is 2.10. The van der Waals surface area contributed by atoms with Crippen LogP contribution in [0.15, 0.2) is 0 Å². The molecule has 4 fully saturated rings. The summed E-state index contributed by atoms with van der Waals surface area (Å²) in [6.07, 6.45) is 5.58. The zero-order valence-electron chi connectivity index (χ0n) is 22.1. The van der Waals surface area contributed by atoms with E-state index in [9.17, 15) is 31.2 Å². The molecule has 4 rings (SSSR count). The summed E-state index contributed by atoms with van der Waals surface area (Å²) < 4.78 is 65.1. The maximum absolute atomic E-state index is 13.3. The van der Waals surface area contributed by atoms with Gasteiger partial charge in [-0.3, -0.25) is 9.59 Å². The van der Waals surface area contributed by atoms with Crippen molar-refractivity contribution in [3.63, 3.8) is 0 Å². The summed E-state index contributed by atoms with van der Waals surface area (Å²) in [6, 6.07) is -0.604. The summed E-state index contributed by atoms with van der Waals surface area (Å²) in [6.45, 7) is -1.24. The molecular weight excluding hydrogens is 541 g/mol. The van der Waals surface area contributed by atoms with Gasteiger partial charge in [0.15, 0.2) is 9.84 Å². The van der Waals surface area contributed by atoms with Gasteiger partial charge in [0.25, 0.3) is 0 Å². The van der Waals surface area contributed by atoms with Crippen LogP contribution in [0.4, 0.5) is 13.2 Å². The largest absolute Gasteiger partial charge is 0.406 e. The Labute approximate surface area is 229 Å². The first-order valence-electron chi connectivity index (χ1n) is 14.4. The fraction of sp³-hybridized carbons (Fsp3) is 0.926. The highest BCUT2D eigenvalue weighted by molar-refractivity contribution is 7.92. The third-order valence-electron chi connectivity index (χ3n) is 9.04. The van der Waals surface area contributed by atoms with Crippen molar-refractivity contribution in [2.45, 2.75) is 125 Å². The molecule has 0 aliphatic heterocycles. The standard InChI is InChI=1S/C27H42ClF3N2O4S/c28-24-15-20(10-13-23(24)26(35)33(17-27(29,30)31)21-4-2-1-3-5-21)32-25(34)14-18-8-11-22(12-9-18)38(36,37)16-19-6-7-19/h18-24H,1-17H2,(H,32,34). The molecule has 4 aliphatic carbocycles. The molecule has 218 valence electrons. The van der Waals surface area contributed by atoms with E-state index in [4.69, 9.17) is 11.6 Å². The zero-order valence-corrected chi connectivity index (χ0v) is 23.6. The van der Waals surface area contributed by atoms with Gasteiger partial charge in [-0.1, -0.05) is 19.3 Å². The van der Waals surface area contributed by atoms with E-state index in [0.29, 0.717) is 63.0 Å². The van der Waals surface area contributed by atoms with E-state index in [2.05, 4.69) is 5.32 Å². The summed E-state index contributed by atoms with van der Waals surface area (Å²) in [4.78, 5) is 27.0. The molecule has 38 heavy (non-hydrogen) atoms. The number of amides is 2. The summed E-state index contributed by atoms with van der Waals surface area (Å²) in [5.41, 5.74) is 0. The Morgan fingerprint density at radius 3 is 2.08 bits per heavy atom. The maximum Gasteiger partial charge on any atom is 0.406 e. The van der Waals surface area contributed by atoms with Crippen LogP contribution < -0.4 is 5.32 Å². The van der Waals surface area contributed by atoms with Crippen molar-refractivity contribution in [1.82, 2.24) is 10.2 Å². The summed E-state index contributed by atoms with van der Waals surface area (Å²) in [7, 11) is -3.05. The lowest BCUT2D eigenvalue weighted by Crippen LogP contribution is -2.52. The predicted octanol–water partition coefficient (Wildman–Crippen LogP) is 5.38. The zero-order chi connectivity index (χ0) is 27.5. The molecular formula is C27H42ClF3N2O4S. The number of sulfone groups is 1. The monoisotopic (exact) mass is 582 g/mol. The predicted molar refractivity (Wildman–Crippen MR) is 140 cm³/mol. The lowest BCUT2D eigenvalue weighted by Gasteiger charge is -2.40. The van der Waals surface area contributed by atoms with Crippen molar-refractivity contribution in [3.8, 4) is 0 Å². The third kappa shape index (κ3) is 8.48. The minimum absolute atomic E-state index is 0.103. The fourth-order valence-corrected chi connectivity index (χ4v) is 9.41. The Morgan fingerprint density at radius 2 is 1.50 bits per heavy atom. The van der Waals surface area contributed by atoms with Gasteiger partial charge >= 0.3 is 6.18 Å². The van der Waals surface area contributed by atoms with E-state index >= 15 is 0 Å². The molecule has 3 unspecified atom stereocenters. The Morgan fingerprint density at radius 1 is 0.868 bits per heavy atom. The number of nitrogens with one attached hydrogen (secondary N) is 1. The second kappa shape index (κ2) is 12.6. The third-order valence-corrected chi connectivity index (χ3v) is 11.9. The second-order valence-corrected chi connectivity index (χ2v) is 15.1. The van der Waals surface area contributed by atoms with Crippen LogP contribution in [0.1, 0.15) is 96.3 Å². The van der Waals surface area contributed by atoms with Gasteiger partial charge < -0.3 is 10.2 Å². The lowest BCUT2D eigenvalue weighted by molar-refractivity contribution is -0.170. The molecule has 0 saturated heterocycles. The van der Waals surface area contributed by atoms with Crippen molar-refractivity contribution in [2.24, 2.45) is 17.8 Å². The van der Waals surface area contributed by atoms with Gasteiger partial charge in [-0.25, -0.2) is 8.42 Å².